The van der Waals surface area contributed by atoms with Crippen LogP contribution in [0.4, 0.5) is 0 Å². The van der Waals surface area contributed by atoms with E-state index in [1.165, 1.54) is 12.4 Å². The van der Waals surface area contributed by atoms with E-state index in [-0.39, 0.29) is 17.7 Å². The SMILES string of the molecule is Cc1ncc(C(=O)N[C@@H]2C[C@@H](C(=O)NCCn3cccn3)CC[C@H]2O)cn1. The van der Waals surface area contributed by atoms with Crippen LogP contribution in [0.25, 0.3) is 0 Å². The number of carbonyl (C=O) groups excluding carboxylic acids is 2. The number of nitrogens with one attached hydrogen (secondary N) is 2. The maximum Gasteiger partial charge on any atom is 0.254 e. The average Bonchev–Trinajstić information content (AvgIpc) is 3.17. The van der Waals surface area contributed by atoms with E-state index in [4.69, 9.17) is 0 Å². The molecule has 1 fully saturated rings. The van der Waals surface area contributed by atoms with E-state index in [0.29, 0.717) is 43.7 Å². The number of hydrogen-bond acceptors (Lipinski definition) is 6. The first-order chi connectivity index (χ1) is 13.0. The summed E-state index contributed by atoms with van der Waals surface area (Å²) in [5, 5.41) is 20.0. The molecule has 3 N–H and O–H groups in total. The average molecular weight is 372 g/mol. The fourth-order valence-electron chi connectivity index (χ4n) is 3.18. The lowest BCUT2D eigenvalue weighted by Gasteiger charge is -2.33. The van der Waals surface area contributed by atoms with Gasteiger partial charge in [-0.2, -0.15) is 5.10 Å². The topological polar surface area (TPSA) is 122 Å². The van der Waals surface area contributed by atoms with E-state index < -0.39 is 12.1 Å². The molecule has 2 aromatic rings. The molecule has 0 radical (unpaired) electrons. The zero-order valence-corrected chi connectivity index (χ0v) is 15.2. The number of aliphatic hydroxyl groups is 1. The van der Waals surface area contributed by atoms with Crippen LogP contribution in [-0.4, -0.2) is 55.4 Å². The van der Waals surface area contributed by atoms with Crippen LogP contribution in [0.5, 0.6) is 0 Å². The third-order valence-corrected chi connectivity index (χ3v) is 4.74. The summed E-state index contributed by atoms with van der Waals surface area (Å²) in [4.78, 5) is 32.8. The second-order valence-corrected chi connectivity index (χ2v) is 6.74. The van der Waals surface area contributed by atoms with E-state index in [0.717, 1.165) is 0 Å². The second-order valence-electron chi connectivity index (χ2n) is 6.74. The van der Waals surface area contributed by atoms with Gasteiger partial charge in [0.25, 0.3) is 5.91 Å². The largest absolute Gasteiger partial charge is 0.391 e. The first-order valence-electron chi connectivity index (χ1n) is 9.05. The van der Waals surface area contributed by atoms with Crippen LogP contribution in [0.2, 0.25) is 0 Å². The van der Waals surface area contributed by atoms with Gasteiger partial charge in [-0.25, -0.2) is 9.97 Å². The van der Waals surface area contributed by atoms with E-state index >= 15 is 0 Å². The summed E-state index contributed by atoms with van der Waals surface area (Å²) >= 11 is 0. The van der Waals surface area contributed by atoms with E-state index in [1.54, 1.807) is 17.8 Å². The molecule has 3 rings (SSSR count). The van der Waals surface area contributed by atoms with Gasteiger partial charge in [0, 0.05) is 37.3 Å². The number of rotatable bonds is 6. The lowest BCUT2D eigenvalue weighted by Crippen LogP contribution is -2.49. The number of aromatic nitrogens is 4. The molecular formula is C18H24N6O3. The molecule has 1 aliphatic rings. The molecule has 0 bridgehead atoms. The van der Waals surface area contributed by atoms with Crippen LogP contribution in [0, 0.1) is 12.8 Å². The van der Waals surface area contributed by atoms with Crippen molar-refractivity contribution in [1.82, 2.24) is 30.4 Å². The summed E-state index contributed by atoms with van der Waals surface area (Å²) < 4.78 is 1.75. The summed E-state index contributed by atoms with van der Waals surface area (Å²) in [5.74, 6) is -0.0764. The van der Waals surface area contributed by atoms with Crippen molar-refractivity contribution < 1.29 is 14.7 Å². The van der Waals surface area contributed by atoms with Gasteiger partial charge < -0.3 is 15.7 Å². The molecule has 0 saturated heterocycles. The Kier molecular flexibility index (Phi) is 6.12. The lowest BCUT2D eigenvalue weighted by atomic mass is 9.83. The molecule has 1 saturated carbocycles. The fourth-order valence-corrected chi connectivity index (χ4v) is 3.18. The molecule has 3 atom stereocenters. The van der Waals surface area contributed by atoms with Crippen molar-refractivity contribution in [2.24, 2.45) is 5.92 Å². The first-order valence-corrected chi connectivity index (χ1v) is 9.05. The van der Waals surface area contributed by atoms with Crippen LogP contribution in [0.1, 0.15) is 35.4 Å². The number of amides is 2. The molecule has 27 heavy (non-hydrogen) atoms. The van der Waals surface area contributed by atoms with Crippen molar-refractivity contribution in [1.29, 1.82) is 0 Å². The number of hydrogen-bond donors (Lipinski definition) is 3. The number of aliphatic hydroxyl groups excluding tert-OH is 1. The van der Waals surface area contributed by atoms with Gasteiger partial charge in [-0.05, 0) is 32.3 Å². The van der Waals surface area contributed by atoms with Crippen molar-refractivity contribution in [3.8, 4) is 0 Å². The molecule has 2 amide bonds. The van der Waals surface area contributed by atoms with Gasteiger partial charge in [-0.15, -0.1) is 0 Å². The molecular weight excluding hydrogens is 348 g/mol. The molecule has 9 heteroatoms. The molecule has 2 heterocycles. The van der Waals surface area contributed by atoms with E-state index in [2.05, 4.69) is 25.7 Å². The van der Waals surface area contributed by atoms with Gasteiger partial charge in [0.05, 0.1) is 24.3 Å². The van der Waals surface area contributed by atoms with Crippen LogP contribution in [-0.2, 0) is 11.3 Å². The maximum absolute atomic E-state index is 12.4. The molecule has 0 unspecified atom stereocenters. The Morgan fingerprint density at radius 1 is 1.30 bits per heavy atom. The van der Waals surface area contributed by atoms with Gasteiger partial charge in [0.15, 0.2) is 0 Å². The summed E-state index contributed by atoms with van der Waals surface area (Å²) in [6, 6.07) is 1.35. The van der Waals surface area contributed by atoms with Crippen LogP contribution in [0.3, 0.4) is 0 Å². The predicted molar refractivity (Wildman–Crippen MR) is 96.6 cm³/mol. The molecule has 0 spiro atoms. The predicted octanol–water partition coefficient (Wildman–Crippen LogP) is 0.0573. The zero-order chi connectivity index (χ0) is 19.2. The second kappa shape index (κ2) is 8.72. The van der Waals surface area contributed by atoms with E-state index in [1.807, 2.05) is 12.3 Å². The van der Waals surface area contributed by atoms with Crippen LogP contribution in [0.15, 0.2) is 30.9 Å². The Labute approximate surface area is 157 Å². The Balaban J connectivity index is 1.51. The molecule has 144 valence electrons. The third-order valence-electron chi connectivity index (χ3n) is 4.74. The standard InChI is InChI=1S/C18H24N6O3/c1-12-20-10-14(11-21-12)18(27)23-15-9-13(3-4-16(15)25)17(26)19-6-8-24-7-2-5-22-24/h2,5,7,10-11,13,15-16,25H,3-4,6,8-9H2,1H3,(H,19,26)(H,23,27)/t13-,15+,16+/m0/s1. The van der Waals surface area contributed by atoms with E-state index in [9.17, 15) is 14.7 Å². The third kappa shape index (κ3) is 5.10. The molecule has 9 nitrogen and oxygen atoms in total. The lowest BCUT2D eigenvalue weighted by molar-refractivity contribution is -0.127. The summed E-state index contributed by atoms with van der Waals surface area (Å²) in [7, 11) is 0. The number of nitrogens with zero attached hydrogens (tertiary/aromatic N) is 4. The van der Waals surface area contributed by atoms with Gasteiger partial charge in [-0.1, -0.05) is 0 Å². The molecule has 2 aromatic heterocycles. The minimum atomic E-state index is -0.673. The summed E-state index contributed by atoms with van der Waals surface area (Å²) in [5.41, 5.74) is 0.332. The van der Waals surface area contributed by atoms with Crippen LogP contribution < -0.4 is 10.6 Å². The van der Waals surface area contributed by atoms with Crippen molar-refractivity contribution in [2.45, 2.75) is 44.9 Å². The van der Waals surface area contributed by atoms with Gasteiger partial charge in [0.1, 0.15) is 5.82 Å². The smallest absolute Gasteiger partial charge is 0.254 e. The minimum Gasteiger partial charge on any atom is -0.391 e. The molecule has 0 aromatic carbocycles. The highest BCUT2D eigenvalue weighted by atomic mass is 16.3. The summed E-state index contributed by atoms with van der Waals surface area (Å²) in [6.07, 6.45) is 7.21. The van der Waals surface area contributed by atoms with Crippen LogP contribution >= 0.6 is 0 Å². The maximum atomic E-state index is 12.4. The monoisotopic (exact) mass is 372 g/mol. The van der Waals surface area contributed by atoms with Gasteiger partial charge >= 0.3 is 0 Å². The molecule has 1 aliphatic carbocycles. The minimum absolute atomic E-state index is 0.0630. The zero-order valence-electron chi connectivity index (χ0n) is 15.2. The fraction of sp³-hybridized carbons (Fsp3) is 0.500. The Morgan fingerprint density at radius 2 is 2.07 bits per heavy atom. The molecule has 0 aliphatic heterocycles. The highest BCUT2D eigenvalue weighted by molar-refractivity contribution is 5.93. The quantitative estimate of drug-likeness (QED) is 0.659. The highest BCUT2D eigenvalue weighted by Crippen LogP contribution is 2.25. The Hall–Kier alpha value is -2.81. The normalized spacial score (nSPS) is 22.2. The van der Waals surface area contributed by atoms with Gasteiger partial charge in [0.2, 0.25) is 5.91 Å². The van der Waals surface area contributed by atoms with Crippen molar-refractivity contribution in [3.05, 3.63) is 42.2 Å². The van der Waals surface area contributed by atoms with Crippen molar-refractivity contribution >= 4 is 11.8 Å². The summed E-state index contributed by atoms with van der Waals surface area (Å²) in [6.45, 7) is 2.82. The first kappa shape index (κ1) is 19.0. The Morgan fingerprint density at radius 3 is 2.78 bits per heavy atom. The number of carbonyl (C=O) groups is 2. The highest BCUT2D eigenvalue weighted by Gasteiger charge is 2.33. The van der Waals surface area contributed by atoms with Gasteiger partial charge in [-0.3, -0.25) is 14.3 Å². The Bertz CT molecular complexity index is 762. The van der Waals surface area contributed by atoms with Crippen molar-refractivity contribution in [3.63, 3.8) is 0 Å². The number of aryl methyl sites for hydroxylation is 1. The van der Waals surface area contributed by atoms with Crippen molar-refractivity contribution in [2.75, 3.05) is 6.54 Å².